The third kappa shape index (κ3) is 9.63. The Balaban J connectivity index is 1.03. The highest BCUT2D eigenvalue weighted by atomic mass is 15.0. The molecular weight excluding hydrogens is 1120 g/mol. The molecule has 0 fully saturated rings. The summed E-state index contributed by atoms with van der Waals surface area (Å²) in [6.45, 7) is 17.2. The van der Waals surface area contributed by atoms with Crippen molar-refractivity contribution in [3.05, 3.63) is 325 Å². The fourth-order valence-corrected chi connectivity index (χ4v) is 13.8. The fraction of sp³-hybridized carbons (Fsp3) is 0.0465. The number of benzene rings is 13. The van der Waals surface area contributed by atoms with Gasteiger partial charge in [-0.3, -0.25) is 0 Å². The van der Waals surface area contributed by atoms with E-state index in [0.717, 1.165) is 116 Å². The molecule has 6 heteroatoms. The van der Waals surface area contributed by atoms with Crippen LogP contribution in [0.25, 0.3) is 161 Å². The molecule has 3 heterocycles. The van der Waals surface area contributed by atoms with Gasteiger partial charge in [0.1, 0.15) is 0 Å². The highest BCUT2D eigenvalue weighted by Crippen LogP contribution is 2.47. The van der Waals surface area contributed by atoms with Gasteiger partial charge in [0.2, 0.25) is 0 Å². The van der Waals surface area contributed by atoms with E-state index < -0.39 is 0 Å². The highest BCUT2D eigenvalue weighted by molar-refractivity contribution is 6.14. The second-order valence-electron chi connectivity index (χ2n) is 24.0. The first kappa shape index (κ1) is 55.3. The average Bonchev–Trinajstić information content (AvgIpc) is 1.54. The lowest BCUT2D eigenvalue weighted by Gasteiger charge is -2.20. The summed E-state index contributed by atoms with van der Waals surface area (Å²) < 4.78 is 4.88. The normalized spacial score (nSPS) is 11.5. The minimum atomic E-state index is 0.526. The molecule has 0 aliphatic heterocycles. The summed E-state index contributed by atoms with van der Waals surface area (Å²) in [5, 5.41) is 4.57. The van der Waals surface area contributed by atoms with Gasteiger partial charge >= 0.3 is 0 Å². The lowest BCUT2D eigenvalue weighted by atomic mass is 9.92. The molecule has 0 amide bonds. The van der Waals surface area contributed by atoms with E-state index in [0.29, 0.717) is 23.2 Å². The van der Waals surface area contributed by atoms with E-state index in [1.807, 2.05) is 54.6 Å². The molecule has 13 aromatic carbocycles. The molecule has 6 nitrogen and oxygen atoms in total. The molecule has 0 radical (unpaired) electrons. The van der Waals surface area contributed by atoms with Crippen molar-refractivity contribution in [1.82, 2.24) is 24.1 Å². The maximum absolute atomic E-state index is 8.48. The van der Waals surface area contributed by atoms with Crippen molar-refractivity contribution in [1.29, 1.82) is 0 Å². The maximum atomic E-state index is 8.48. The van der Waals surface area contributed by atoms with Gasteiger partial charge in [-0.1, -0.05) is 212 Å². The van der Waals surface area contributed by atoms with Crippen molar-refractivity contribution in [3.63, 3.8) is 0 Å². The van der Waals surface area contributed by atoms with Crippen molar-refractivity contribution in [3.8, 4) is 112 Å². The van der Waals surface area contributed by atoms with Crippen molar-refractivity contribution in [2.75, 3.05) is 0 Å². The zero-order valence-electron chi connectivity index (χ0n) is 51.4. The van der Waals surface area contributed by atoms with Crippen LogP contribution in [0.1, 0.15) is 22.3 Å². The molecule has 16 rings (SSSR count). The monoisotopic (exact) mass is 1180 g/mol. The zero-order chi connectivity index (χ0) is 62.0. The Morgan fingerprint density at radius 2 is 0.620 bits per heavy atom. The number of fused-ring (bicyclic) bond motifs is 6. The number of aromatic nitrogens is 5. The van der Waals surface area contributed by atoms with Crippen LogP contribution < -0.4 is 0 Å². The molecule has 0 N–H and O–H groups in total. The first-order chi connectivity index (χ1) is 45.2. The number of rotatable bonds is 11. The van der Waals surface area contributed by atoms with Crippen molar-refractivity contribution >= 4 is 49.3 Å². The number of hydrogen-bond acceptors (Lipinski definition) is 3. The predicted molar refractivity (Wildman–Crippen MR) is 383 cm³/mol. The van der Waals surface area contributed by atoms with E-state index in [4.69, 9.17) is 21.5 Å². The van der Waals surface area contributed by atoms with Crippen LogP contribution in [-0.4, -0.2) is 24.1 Å². The van der Waals surface area contributed by atoms with Gasteiger partial charge in [0.25, 0.3) is 0 Å². The van der Waals surface area contributed by atoms with Crippen LogP contribution in [-0.2, 0) is 0 Å². The van der Waals surface area contributed by atoms with Gasteiger partial charge in [-0.25, -0.2) is 19.8 Å². The van der Waals surface area contributed by atoms with E-state index in [1.54, 1.807) is 0 Å². The number of para-hydroxylation sites is 1. The number of nitrogens with zero attached hydrogens (tertiary/aromatic N) is 6. The molecule has 0 saturated heterocycles. The van der Waals surface area contributed by atoms with Gasteiger partial charge in [-0.2, -0.15) is 0 Å². The van der Waals surface area contributed by atoms with E-state index >= 15 is 0 Å². The Hall–Kier alpha value is -12.0. The second-order valence-corrected chi connectivity index (χ2v) is 24.0. The van der Waals surface area contributed by atoms with Crippen LogP contribution in [0, 0.1) is 34.3 Å². The molecule has 3 aromatic heterocycles. The summed E-state index contributed by atoms with van der Waals surface area (Å²) in [5.74, 6) is 1.66. The molecule has 0 aliphatic rings. The number of hydrogen-bond donors (Lipinski definition) is 0. The smallest absolute Gasteiger partial charge is 0.194 e. The molecule has 0 aliphatic carbocycles. The van der Waals surface area contributed by atoms with Crippen molar-refractivity contribution < 1.29 is 0 Å². The molecule has 0 atom stereocenters. The molecule has 0 spiro atoms. The van der Waals surface area contributed by atoms with E-state index in [9.17, 15) is 0 Å². The van der Waals surface area contributed by atoms with Gasteiger partial charge in [-0.15, -0.1) is 0 Å². The van der Waals surface area contributed by atoms with Crippen LogP contribution >= 0.6 is 0 Å². The summed E-state index contributed by atoms with van der Waals surface area (Å²) in [7, 11) is 0. The summed E-state index contributed by atoms with van der Waals surface area (Å²) in [5.41, 5.74) is 27.2. The lowest BCUT2D eigenvalue weighted by Crippen LogP contribution is -2.04. The van der Waals surface area contributed by atoms with E-state index in [-0.39, 0.29) is 0 Å². The van der Waals surface area contributed by atoms with Crippen molar-refractivity contribution in [2.24, 2.45) is 0 Å². The van der Waals surface area contributed by atoms with Crippen LogP contribution in [0.5, 0.6) is 0 Å². The van der Waals surface area contributed by atoms with E-state index in [2.05, 4.69) is 278 Å². The Bertz CT molecular complexity index is 5380. The standard InChI is InChI=1S/C86H60N6/c1-54-22-12-16-30-66(54)60-36-43-79-74(48-60)75-49-61(67-31-17-13-23-55(67)2)37-44-80(75)91(79)65-41-42-71(86-89-84(58-26-8-6-9-27-58)88-85(90-86)59-28-10-7-11-29-59)72(53-65)73-52-64(70-34-20-21-35-78(70)87-5)40-47-81(73)92-82-45-38-62(68-32-18-14-24-56(68)3)50-76(82)77-51-63(39-46-83(77)92)69-33-19-15-25-57(69)4/h6-53H,1-4H3. The molecule has 0 unspecified atom stereocenters. The first-order valence-corrected chi connectivity index (χ1v) is 31.3. The van der Waals surface area contributed by atoms with Gasteiger partial charge in [-0.05, 0) is 190 Å². The summed E-state index contributed by atoms with van der Waals surface area (Å²) in [6, 6.07) is 104. The molecular formula is C86H60N6. The van der Waals surface area contributed by atoms with Crippen LogP contribution in [0.15, 0.2) is 291 Å². The third-order valence-electron chi connectivity index (χ3n) is 18.4. The third-order valence-corrected chi connectivity index (χ3v) is 18.4. The summed E-state index contributed by atoms with van der Waals surface area (Å²) >= 11 is 0. The largest absolute Gasteiger partial charge is 0.309 e. The minimum Gasteiger partial charge on any atom is -0.309 e. The van der Waals surface area contributed by atoms with Crippen LogP contribution in [0.3, 0.4) is 0 Å². The summed E-state index contributed by atoms with van der Waals surface area (Å²) in [4.78, 5) is 20.3. The molecule has 434 valence electrons. The molecule has 92 heavy (non-hydrogen) atoms. The Kier molecular flexibility index (Phi) is 13.7. The fourth-order valence-electron chi connectivity index (χ4n) is 13.8. The Morgan fingerprint density at radius 3 is 1.04 bits per heavy atom. The molecule has 0 saturated carbocycles. The van der Waals surface area contributed by atoms with Gasteiger partial charge in [0.15, 0.2) is 23.2 Å². The Morgan fingerprint density at radius 1 is 0.261 bits per heavy atom. The zero-order valence-corrected chi connectivity index (χ0v) is 51.4. The predicted octanol–water partition coefficient (Wildman–Crippen LogP) is 22.9. The van der Waals surface area contributed by atoms with Gasteiger partial charge < -0.3 is 9.13 Å². The maximum Gasteiger partial charge on any atom is 0.194 e. The average molecular weight is 1180 g/mol. The first-order valence-electron chi connectivity index (χ1n) is 31.3. The highest BCUT2D eigenvalue weighted by Gasteiger charge is 2.25. The minimum absolute atomic E-state index is 0.526. The summed E-state index contributed by atoms with van der Waals surface area (Å²) in [6.07, 6.45) is 0. The molecule has 16 aromatic rings. The quantitative estimate of drug-likeness (QED) is 0.121. The Labute approximate surface area is 535 Å². The SMILES string of the molecule is [C-]#[N+]c1ccccc1-c1ccc(-n2c3ccc(-c4ccccc4C)cc3c3cc(-c4ccccc4C)ccc32)c(-c2cc(-n3c4ccc(-c5ccccc5C)cc4c4cc(-c5ccccc5C)ccc43)ccc2-c2nc(-c3ccccc3)nc(-c3ccccc3)n2)c1. The molecule has 0 bridgehead atoms. The van der Waals surface area contributed by atoms with E-state index in [1.165, 1.54) is 44.5 Å². The second kappa shape index (κ2) is 22.8. The van der Waals surface area contributed by atoms with Crippen LogP contribution in [0.4, 0.5) is 5.69 Å². The lowest BCUT2D eigenvalue weighted by molar-refractivity contribution is 1.07. The topological polar surface area (TPSA) is 52.9 Å². The van der Waals surface area contributed by atoms with Gasteiger partial charge in [0.05, 0.1) is 34.3 Å². The van der Waals surface area contributed by atoms with Gasteiger partial charge in [0, 0.05) is 49.5 Å². The van der Waals surface area contributed by atoms with Crippen molar-refractivity contribution in [2.45, 2.75) is 27.7 Å². The van der Waals surface area contributed by atoms with Crippen LogP contribution in [0.2, 0.25) is 0 Å². The number of aryl methyl sites for hydroxylation is 4.